The molecule has 1 amide bonds. The van der Waals surface area contributed by atoms with Crippen molar-refractivity contribution in [3.63, 3.8) is 0 Å². The third kappa shape index (κ3) is 5.15. The van der Waals surface area contributed by atoms with Gasteiger partial charge in [-0.2, -0.15) is 0 Å². The number of benzene rings is 2. The summed E-state index contributed by atoms with van der Waals surface area (Å²) < 4.78 is 5.32. The summed E-state index contributed by atoms with van der Waals surface area (Å²) in [5, 5.41) is 1.79. The number of hydrazine groups is 1. The predicted molar refractivity (Wildman–Crippen MR) is 108 cm³/mol. The standard InChI is InChI=1S/C21H16N2O4S/c24-14-16(20(25)23-22-17-7-2-1-3-8-17)12-15-6-4-9-18(13-15)27-21(26)19-10-5-11-28-19/h1-14,22H,(H,23,25)/b16-12+. The molecule has 2 aromatic carbocycles. The normalized spacial score (nSPS) is 10.8. The third-order valence-corrected chi connectivity index (χ3v) is 4.45. The zero-order valence-corrected chi connectivity index (χ0v) is 15.4. The number of para-hydroxylation sites is 1. The smallest absolute Gasteiger partial charge is 0.353 e. The Morgan fingerprint density at radius 3 is 2.50 bits per heavy atom. The van der Waals surface area contributed by atoms with Gasteiger partial charge in [-0.25, -0.2) is 4.79 Å². The minimum atomic E-state index is -0.583. The molecule has 3 aromatic rings. The van der Waals surface area contributed by atoms with Gasteiger partial charge in [-0.3, -0.25) is 20.4 Å². The van der Waals surface area contributed by atoms with E-state index in [1.54, 1.807) is 53.9 Å². The average molecular weight is 392 g/mol. The van der Waals surface area contributed by atoms with E-state index in [2.05, 4.69) is 10.9 Å². The molecule has 0 aliphatic heterocycles. The highest BCUT2D eigenvalue weighted by Crippen LogP contribution is 2.19. The Kier molecular flexibility index (Phi) is 6.33. The van der Waals surface area contributed by atoms with Gasteiger partial charge < -0.3 is 4.74 Å². The average Bonchev–Trinajstić information content (AvgIpc) is 3.26. The van der Waals surface area contributed by atoms with Gasteiger partial charge in [0.25, 0.3) is 5.91 Å². The van der Waals surface area contributed by atoms with Gasteiger partial charge in [0.1, 0.15) is 10.6 Å². The van der Waals surface area contributed by atoms with E-state index in [4.69, 9.17) is 4.74 Å². The van der Waals surface area contributed by atoms with Crippen LogP contribution in [0.3, 0.4) is 0 Å². The van der Waals surface area contributed by atoms with E-state index < -0.39 is 11.9 Å². The Bertz CT molecular complexity index is 998. The Labute approximate surface area is 165 Å². The summed E-state index contributed by atoms with van der Waals surface area (Å²) >= 11 is 1.28. The van der Waals surface area contributed by atoms with E-state index in [0.29, 0.717) is 28.2 Å². The molecule has 0 saturated carbocycles. The SMILES string of the molecule is O=C/C(=C\c1cccc(OC(=O)c2cccs2)c1)C(=O)NNc1ccccc1. The van der Waals surface area contributed by atoms with Crippen molar-refractivity contribution in [2.24, 2.45) is 0 Å². The van der Waals surface area contributed by atoms with Crippen LogP contribution in [-0.4, -0.2) is 18.2 Å². The van der Waals surface area contributed by atoms with Crippen LogP contribution in [-0.2, 0) is 9.59 Å². The first-order chi connectivity index (χ1) is 13.7. The minimum absolute atomic E-state index is 0.0786. The Morgan fingerprint density at radius 1 is 0.964 bits per heavy atom. The molecule has 0 aliphatic carbocycles. The molecule has 0 radical (unpaired) electrons. The summed E-state index contributed by atoms with van der Waals surface area (Å²) in [6, 6.07) is 19.0. The Morgan fingerprint density at radius 2 is 1.79 bits per heavy atom. The second-order valence-electron chi connectivity index (χ2n) is 5.60. The molecule has 0 aliphatic rings. The van der Waals surface area contributed by atoms with Gasteiger partial charge in [-0.05, 0) is 47.4 Å². The maximum Gasteiger partial charge on any atom is 0.353 e. The number of hydrogen-bond donors (Lipinski definition) is 2. The lowest BCUT2D eigenvalue weighted by Crippen LogP contribution is -2.31. The third-order valence-electron chi connectivity index (χ3n) is 3.60. The molecule has 0 bridgehead atoms. The van der Waals surface area contributed by atoms with Crippen molar-refractivity contribution in [1.82, 2.24) is 5.43 Å². The van der Waals surface area contributed by atoms with Crippen LogP contribution in [0.25, 0.3) is 6.08 Å². The maximum atomic E-state index is 12.2. The molecule has 1 aromatic heterocycles. The summed E-state index contributed by atoms with van der Waals surface area (Å²) in [4.78, 5) is 36.1. The topological polar surface area (TPSA) is 84.5 Å². The fraction of sp³-hybridized carbons (Fsp3) is 0. The van der Waals surface area contributed by atoms with Gasteiger partial charge in [-0.15, -0.1) is 11.3 Å². The van der Waals surface area contributed by atoms with Gasteiger partial charge in [0.2, 0.25) is 0 Å². The summed E-state index contributed by atoms with van der Waals surface area (Å²) in [6.45, 7) is 0. The largest absolute Gasteiger partial charge is 0.422 e. The van der Waals surface area contributed by atoms with Crippen molar-refractivity contribution < 1.29 is 19.1 Å². The second-order valence-corrected chi connectivity index (χ2v) is 6.55. The van der Waals surface area contributed by atoms with E-state index in [1.807, 2.05) is 18.2 Å². The number of carbonyl (C=O) groups excluding carboxylic acids is 3. The van der Waals surface area contributed by atoms with Crippen LogP contribution >= 0.6 is 11.3 Å². The number of amides is 1. The summed E-state index contributed by atoms with van der Waals surface area (Å²) in [5.41, 5.74) is 6.35. The summed E-state index contributed by atoms with van der Waals surface area (Å²) in [6.07, 6.45) is 1.88. The van der Waals surface area contributed by atoms with Gasteiger partial charge >= 0.3 is 5.97 Å². The van der Waals surface area contributed by atoms with Gasteiger partial charge in [0.15, 0.2) is 6.29 Å². The number of hydrogen-bond acceptors (Lipinski definition) is 6. The van der Waals surface area contributed by atoms with Gasteiger partial charge in [0, 0.05) is 0 Å². The number of ether oxygens (including phenoxy) is 1. The molecule has 7 heteroatoms. The minimum Gasteiger partial charge on any atom is -0.422 e. The summed E-state index contributed by atoms with van der Waals surface area (Å²) in [5.74, 6) is -0.725. The van der Waals surface area contributed by atoms with Crippen molar-refractivity contribution in [2.75, 3.05) is 5.43 Å². The second kappa shape index (κ2) is 9.29. The van der Waals surface area contributed by atoms with E-state index >= 15 is 0 Å². The van der Waals surface area contributed by atoms with Crippen molar-refractivity contribution >= 4 is 41.3 Å². The zero-order chi connectivity index (χ0) is 19.8. The molecule has 0 fully saturated rings. The summed E-state index contributed by atoms with van der Waals surface area (Å²) in [7, 11) is 0. The maximum absolute atomic E-state index is 12.2. The first-order valence-corrected chi connectivity index (χ1v) is 9.18. The fourth-order valence-electron chi connectivity index (χ4n) is 2.28. The number of aldehydes is 1. The molecule has 0 atom stereocenters. The molecule has 0 unspecified atom stereocenters. The molecule has 3 rings (SSSR count). The highest BCUT2D eigenvalue weighted by molar-refractivity contribution is 7.12. The first-order valence-electron chi connectivity index (χ1n) is 8.30. The lowest BCUT2D eigenvalue weighted by Gasteiger charge is -2.08. The molecular weight excluding hydrogens is 376 g/mol. The molecular formula is C21H16N2O4S. The van der Waals surface area contributed by atoms with Crippen LogP contribution < -0.4 is 15.6 Å². The lowest BCUT2D eigenvalue weighted by molar-refractivity contribution is -0.118. The number of esters is 1. The molecule has 2 N–H and O–H groups in total. The van der Waals surface area contributed by atoms with Crippen molar-refractivity contribution in [3.8, 4) is 5.75 Å². The van der Waals surface area contributed by atoms with Crippen LogP contribution in [0.2, 0.25) is 0 Å². The van der Waals surface area contributed by atoms with E-state index in [1.165, 1.54) is 17.4 Å². The van der Waals surface area contributed by atoms with Crippen LogP contribution in [0.4, 0.5) is 5.69 Å². The highest BCUT2D eigenvalue weighted by Gasteiger charge is 2.11. The van der Waals surface area contributed by atoms with Crippen LogP contribution in [0.15, 0.2) is 77.7 Å². The van der Waals surface area contributed by atoms with Gasteiger partial charge in [0.05, 0.1) is 11.3 Å². The number of rotatable bonds is 7. The fourth-order valence-corrected chi connectivity index (χ4v) is 2.87. The van der Waals surface area contributed by atoms with Crippen molar-refractivity contribution in [1.29, 1.82) is 0 Å². The monoisotopic (exact) mass is 392 g/mol. The number of carbonyl (C=O) groups is 3. The first kappa shape index (κ1) is 19.1. The van der Waals surface area contributed by atoms with Gasteiger partial charge in [-0.1, -0.05) is 36.4 Å². The molecule has 6 nitrogen and oxygen atoms in total. The highest BCUT2D eigenvalue weighted by atomic mass is 32.1. The van der Waals surface area contributed by atoms with Crippen LogP contribution in [0, 0.1) is 0 Å². The van der Waals surface area contributed by atoms with E-state index in [0.717, 1.165) is 0 Å². The van der Waals surface area contributed by atoms with E-state index in [-0.39, 0.29) is 5.57 Å². The lowest BCUT2D eigenvalue weighted by atomic mass is 10.1. The molecule has 28 heavy (non-hydrogen) atoms. The van der Waals surface area contributed by atoms with Crippen LogP contribution in [0.1, 0.15) is 15.2 Å². The van der Waals surface area contributed by atoms with Crippen molar-refractivity contribution in [3.05, 3.63) is 88.1 Å². The molecule has 1 heterocycles. The van der Waals surface area contributed by atoms with Crippen molar-refractivity contribution in [2.45, 2.75) is 0 Å². The molecule has 140 valence electrons. The molecule has 0 spiro atoms. The number of anilines is 1. The zero-order valence-electron chi connectivity index (χ0n) is 14.6. The van der Waals surface area contributed by atoms with E-state index in [9.17, 15) is 14.4 Å². The number of nitrogens with one attached hydrogen (secondary N) is 2. The Hall–Kier alpha value is -3.71. The number of thiophene rings is 1. The molecule has 0 saturated heterocycles. The Balaban J connectivity index is 1.68. The predicted octanol–water partition coefficient (Wildman–Crippen LogP) is 3.69. The quantitative estimate of drug-likeness (QED) is 0.122. The van der Waals surface area contributed by atoms with Crippen LogP contribution in [0.5, 0.6) is 5.75 Å².